The van der Waals surface area contributed by atoms with Gasteiger partial charge in [-0.05, 0) is 35.1 Å². The lowest BCUT2D eigenvalue weighted by molar-refractivity contribution is -0.136. The van der Waals surface area contributed by atoms with Gasteiger partial charge in [-0.3, -0.25) is 19.7 Å². The molecule has 49 heavy (non-hydrogen) atoms. The normalized spacial score (nSPS) is 22.4. The average Bonchev–Trinajstić information content (AvgIpc) is 3.81. The second-order valence-corrected chi connectivity index (χ2v) is 13.2. The molecule has 7 rings (SSSR count). The molecule has 2 aromatic heterocycles. The first-order valence-electron chi connectivity index (χ1n) is 16.1. The Bertz CT molecular complexity index is 2040. The molecule has 4 bridgehead atoms. The maximum atomic E-state index is 14.0. The van der Waals surface area contributed by atoms with Crippen LogP contribution < -0.4 is 26.0 Å². The van der Waals surface area contributed by atoms with Gasteiger partial charge in [0.15, 0.2) is 17.7 Å². The van der Waals surface area contributed by atoms with E-state index in [-0.39, 0.29) is 47.3 Å². The summed E-state index contributed by atoms with van der Waals surface area (Å²) in [6.07, 6.45) is -1.91. The molecule has 14 nitrogen and oxygen atoms in total. The van der Waals surface area contributed by atoms with Gasteiger partial charge in [-0.25, -0.2) is 4.98 Å². The van der Waals surface area contributed by atoms with Gasteiger partial charge in [0.05, 0.1) is 0 Å². The van der Waals surface area contributed by atoms with Crippen LogP contribution in [0, 0.1) is 23.2 Å². The first kappa shape index (κ1) is 31.9. The molecule has 5 atom stereocenters. The number of carbonyl (C=O) groups is 3. The van der Waals surface area contributed by atoms with E-state index in [1.54, 1.807) is 13.8 Å². The highest BCUT2D eigenvalue weighted by atomic mass is 16.5. The number of aliphatic hydroxyl groups is 1. The summed E-state index contributed by atoms with van der Waals surface area (Å²) in [6.45, 7) is 8.49. The molecule has 4 unspecified atom stereocenters. The van der Waals surface area contributed by atoms with Gasteiger partial charge in [-0.2, -0.15) is 10.2 Å². The van der Waals surface area contributed by atoms with Gasteiger partial charge in [0.2, 0.25) is 35.2 Å². The molecule has 2 aromatic carbocycles. The predicted molar refractivity (Wildman–Crippen MR) is 174 cm³/mol. The number of aliphatic hydroxyl groups excluding tert-OH is 1. The fourth-order valence-electron chi connectivity index (χ4n) is 6.75. The molecule has 252 valence electrons. The Morgan fingerprint density at radius 3 is 2.57 bits per heavy atom. The van der Waals surface area contributed by atoms with Crippen LogP contribution in [0.5, 0.6) is 5.75 Å². The van der Waals surface area contributed by atoms with E-state index >= 15 is 0 Å². The van der Waals surface area contributed by atoms with Gasteiger partial charge in [0, 0.05) is 24.6 Å². The highest BCUT2D eigenvalue weighted by Crippen LogP contribution is 2.59. The molecule has 3 aliphatic heterocycles. The third-order valence-electron chi connectivity index (χ3n) is 9.18. The minimum atomic E-state index is -1.31. The third kappa shape index (κ3) is 5.08. The molecule has 0 aliphatic carbocycles. The Kier molecular flexibility index (Phi) is 7.67. The van der Waals surface area contributed by atoms with Gasteiger partial charge >= 0.3 is 0 Å². The molecule has 3 aliphatic rings. The molecule has 0 saturated carbocycles. The van der Waals surface area contributed by atoms with Crippen molar-refractivity contribution in [3.05, 3.63) is 76.5 Å². The molecule has 5 heterocycles. The number of benzene rings is 2. The van der Waals surface area contributed by atoms with E-state index in [2.05, 4.69) is 26.3 Å². The zero-order chi connectivity index (χ0) is 34.8. The van der Waals surface area contributed by atoms with E-state index < -0.39 is 47.6 Å². The number of amides is 3. The van der Waals surface area contributed by atoms with Crippen LogP contribution in [-0.2, 0) is 26.2 Å². The fraction of sp³-hybridized carbons (Fsp3) is 0.371. The monoisotopic (exact) mass is 665 g/mol. The molecule has 0 radical (unpaired) electrons. The van der Waals surface area contributed by atoms with Crippen molar-refractivity contribution >= 4 is 29.3 Å². The number of fused-ring (bicyclic) bond motifs is 4. The first-order chi connectivity index (χ1) is 23.4. The third-order valence-corrected chi connectivity index (χ3v) is 9.18. The number of aromatic nitrogens is 2. The topological polar surface area (TPSA) is 205 Å². The molecule has 1 spiro atoms. The van der Waals surface area contributed by atoms with Crippen LogP contribution in [0.15, 0.2) is 51.3 Å². The number of oxazole rings is 2. The van der Waals surface area contributed by atoms with E-state index in [9.17, 15) is 24.8 Å². The molecule has 3 amide bonds. The molecule has 5 N–H and O–H groups in total. The summed E-state index contributed by atoms with van der Waals surface area (Å²) in [5.74, 6) is -1.48. The zero-order valence-electron chi connectivity index (χ0n) is 27.5. The Balaban J connectivity index is 1.49. The fourth-order valence-corrected chi connectivity index (χ4v) is 6.75. The summed E-state index contributed by atoms with van der Waals surface area (Å²) in [5.41, 5.74) is 1.88. The van der Waals surface area contributed by atoms with Crippen molar-refractivity contribution < 1.29 is 33.1 Å². The van der Waals surface area contributed by atoms with Crippen molar-refractivity contribution in [1.82, 2.24) is 20.6 Å². The quantitative estimate of drug-likeness (QED) is 0.202. The number of rotatable bonds is 6. The average molecular weight is 666 g/mol. The lowest BCUT2D eigenvalue weighted by Crippen LogP contribution is -2.52. The smallest absolute Gasteiger partial charge is 0.252 e. The van der Waals surface area contributed by atoms with Crippen molar-refractivity contribution in [3.63, 3.8) is 0 Å². The highest BCUT2D eigenvalue weighted by Gasteiger charge is 2.61. The van der Waals surface area contributed by atoms with Gasteiger partial charge in [0.25, 0.3) is 5.89 Å². The van der Waals surface area contributed by atoms with Crippen LogP contribution in [0.1, 0.15) is 74.7 Å². The number of carbonyl (C=O) groups excluding carboxylic acids is 3. The van der Waals surface area contributed by atoms with Gasteiger partial charge in [0.1, 0.15) is 35.4 Å². The number of hydrogen-bond acceptors (Lipinski definition) is 11. The van der Waals surface area contributed by atoms with Crippen LogP contribution in [0.4, 0.5) is 11.6 Å². The second kappa shape index (κ2) is 11.8. The standard InChI is InChI=1S/C35H35N7O7/c1-15(2)25-32-42-26(33-39-23(14-36)31(49-33)37-17(5)43)28(48-32)35-19-8-6-7-9-21(19)40-34(35)47-24-11-10-18(12-20(24)35)13-22(29(45)41-25)38-30(46)27(44)16(3)4/h6-12,15-16,22,25,27,34,40,44H,13H2,1-5H3,(H,37,43)(H,38,46)(H,41,45)/t22?,25?,27-,34?,35?/m0/s1. The van der Waals surface area contributed by atoms with Crippen molar-refractivity contribution in [3.8, 4) is 23.4 Å². The number of nitriles is 1. The SMILES string of the molecule is CC(=O)Nc1oc(-c2nc3oc2C24c5ccccc5NC2Oc2ccc(cc24)CC(NC(=O)[C@@H](O)C(C)C)C(=O)NC3C(C)C)nc1C#N. The van der Waals surface area contributed by atoms with Gasteiger partial charge < -0.3 is 34.6 Å². The van der Waals surface area contributed by atoms with E-state index in [0.29, 0.717) is 22.6 Å². The molecule has 0 saturated heterocycles. The maximum Gasteiger partial charge on any atom is 0.252 e. The molecule has 0 fully saturated rings. The molecule has 14 heteroatoms. The van der Waals surface area contributed by atoms with Crippen LogP contribution in [0.2, 0.25) is 0 Å². The van der Waals surface area contributed by atoms with Crippen molar-refractivity contribution in [2.75, 3.05) is 10.6 Å². The van der Waals surface area contributed by atoms with Crippen molar-refractivity contribution in [2.45, 2.75) is 70.9 Å². The Morgan fingerprint density at radius 2 is 1.86 bits per heavy atom. The Labute approximate surface area is 281 Å². The van der Waals surface area contributed by atoms with E-state index in [1.807, 2.05) is 62.4 Å². The molecular weight excluding hydrogens is 630 g/mol. The van der Waals surface area contributed by atoms with Crippen LogP contribution in [0.25, 0.3) is 11.6 Å². The summed E-state index contributed by atoms with van der Waals surface area (Å²) >= 11 is 0. The van der Waals surface area contributed by atoms with Crippen LogP contribution in [0.3, 0.4) is 0 Å². The number of ether oxygens (including phenoxy) is 1. The number of nitrogens with one attached hydrogen (secondary N) is 4. The zero-order valence-corrected chi connectivity index (χ0v) is 27.5. The molecular formula is C35H35N7O7. The Morgan fingerprint density at radius 1 is 1.08 bits per heavy atom. The lowest BCUT2D eigenvalue weighted by Gasteiger charge is -2.29. The van der Waals surface area contributed by atoms with Gasteiger partial charge in [-0.15, -0.1) is 0 Å². The van der Waals surface area contributed by atoms with E-state index in [0.717, 1.165) is 11.3 Å². The first-order valence-corrected chi connectivity index (χ1v) is 16.1. The van der Waals surface area contributed by atoms with E-state index in [4.69, 9.17) is 18.6 Å². The largest absolute Gasteiger partial charge is 0.469 e. The highest BCUT2D eigenvalue weighted by molar-refractivity contribution is 5.90. The minimum Gasteiger partial charge on any atom is -0.469 e. The van der Waals surface area contributed by atoms with Crippen molar-refractivity contribution in [2.24, 2.45) is 11.8 Å². The number of hydrogen-bond donors (Lipinski definition) is 5. The molecule has 4 aromatic rings. The lowest BCUT2D eigenvalue weighted by atomic mass is 9.72. The Hall–Kier alpha value is -5.68. The summed E-state index contributed by atoms with van der Waals surface area (Å²) in [4.78, 5) is 48.3. The van der Waals surface area contributed by atoms with Crippen LogP contribution >= 0.6 is 0 Å². The summed E-state index contributed by atoms with van der Waals surface area (Å²) in [6, 6.07) is 13.4. The summed E-state index contributed by atoms with van der Waals surface area (Å²) in [5, 5.41) is 32.1. The summed E-state index contributed by atoms with van der Waals surface area (Å²) in [7, 11) is 0. The number of nitrogens with zero attached hydrogens (tertiary/aromatic N) is 3. The van der Waals surface area contributed by atoms with Crippen LogP contribution in [-0.4, -0.2) is 51.2 Å². The summed E-state index contributed by atoms with van der Waals surface area (Å²) < 4.78 is 19.3. The van der Waals surface area contributed by atoms with E-state index in [1.165, 1.54) is 6.92 Å². The second-order valence-electron chi connectivity index (χ2n) is 13.2. The maximum absolute atomic E-state index is 14.0. The van der Waals surface area contributed by atoms with Crippen molar-refractivity contribution in [1.29, 1.82) is 5.26 Å². The van der Waals surface area contributed by atoms with Gasteiger partial charge in [-0.1, -0.05) is 58.0 Å². The number of anilines is 2. The number of para-hydroxylation sites is 1. The minimum absolute atomic E-state index is 0.0797. The predicted octanol–water partition coefficient (Wildman–Crippen LogP) is 3.51.